The second-order valence-electron chi connectivity index (χ2n) is 4.93. The van der Waals surface area contributed by atoms with Crippen LogP contribution in [0, 0.1) is 5.92 Å². The molecule has 1 unspecified atom stereocenters. The molecule has 1 heterocycles. The molecule has 1 rings (SSSR count). The third kappa shape index (κ3) is 4.83. The number of hydrogen-bond acceptors (Lipinski definition) is 3. The number of amides is 1. The highest BCUT2D eigenvalue weighted by Gasteiger charge is 2.18. The van der Waals surface area contributed by atoms with E-state index in [0.29, 0.717) is 12.5 Å². The Balaban J connectivity index is 2.44. The number of ether oxygens (including phenoxy) is 1. The molecule has 0 aromatic heterocycles. The molecule has 0 saturated carbocycles. The lowest BCUT2D eigenvalue weighted by Gasteiger charge is -2.23. The van der Waals surface area contributed by atoms with Crippen molar-refractivity contribution in [2.75, 3.05) is 13.1 Å². The first-order valence-corrected chi connectivity index (χ1v) is 5.28. The molecule has 4 heteroatoms. The zero-order valence-corrected chi connectivity index (χ0v) is 9.89. The highest BCUT2D eigenvalue weighted by atomic mass is 16.6. The lowest BCUT2D eigenvalue weighted by Crippen LogP contribution is -2.38. The molecule has 0 aromatic carbocycles. The summed E-state index contributed by atoms with van der Waals surface area (Å²) < 4.78 is 5.16. The normalized spacial score (nSPS) is 21.9. The van der Waals surface area contributed by atoms with Crippen molar-refractivity contribution in [1.29, 1.82) is 0 Å². The van der Waals surface area contributed by atoms with Crippen molar-refractivity contribution in [1.82, 2.24) is 10.6 Å². The summed E-state index contributed by atoms with van der Waals surface area (Å²) in [5.74, 6) is 0.448. The molecule has 1 amide bonds. The van der Waals surface area contributed by atoms with Crippen molar-refractivity contribution in [3.8, 4) is 0 Å². The molecule has 0 aromatic rings. The first-order valence-electron chi connectivity index (χ1n) is 5.28. The minimum atomic E-state index is -0.446. The fraction of sp³-hybridized carbons (Fsp3) is 0.727. The van der Waals surface area contributed by atoms with Gasteiger partial charge in [0.2, 0.25) is 0 Å². The second-order valence-corrected chi connectivity index (χ2v) is 4.93. The van der Waals surface area contributed by atoms with E-state index in [1.54, 1.807) is 0 Å². The number of hydrogen-bond donors (Lipinski definition) is 2. The van der Waals surface area contributed by atoms with E-state index < -0.39 is 5.60 Å². The van der Waals surface area contributed by atoms with Crippen LogP contribution in [0.5, 0.6) is 0 Å². The lowest BCUT2D eigenvalue weighted by molar-refractivity contribution is 0.0543. The van der Waals surface area contributed by atoms with Gasteiger partial charge < -0.3 is 10.1 Å². The molecule has 2 N–H and O–H groups in total. The van der Waals surface area contributed by atoms with Crippen molar-refractivity contribution in [3.05, 3.63) is 11.8 Å². The average molecular weight is 212 g/mol. The highest BCUT2D eigenvalue weighted by molar-refractivity contribution is 5.70. The Kier molecular flexibility index (Phi) is 3.74. The van der Waals surface area contributed by atoms with E-state index in [9.17, 15) is 4.79 Å². The molecule has 1 aliphatic rings. The molecule has 0 spiro atoms. The number of alkyl carbamates (subject to hydrolysis) is 1. The Labute approximate surface area is 91.1 Å². The van der Waals surface area contributed by atoms with Crippen LogP contribution in [-0.2, 0) is 4.74 Å². The standard InChI is InChI=1S/C11H20N2O2/c1-8-5-9(7-12-6-8)13-10(14)15-11(2,3)4/h5,8,12H,6-7H2,1-4H3,(H,13,14). The van der Waals surface area contributed by atoms with Crippen LogP contribution < -0.4 is 10.6 Å². The summed E-state index contributed by atoms with van der Waals surface area (Å²) in [6, 6.07) is 0. The Morgan fingerprint density at radius 2 is 2.27 bits per heavy atom. The van der Waals surface area contributed by atoms with Gasteiger partial charge in [-0.1, -0.05) is 13.0 Å². The van der Waals surface area contributed by atoms with Gasteiger partial charge in [0.1, 0.15) is 5.60 Å². The summed E-state index contributed by atoms with van der Waals surface area (Å²) in [6.45, 7) is 9.31. The molecular weight excluding hydrogens is 192 g/mol. The SMILES string of the molecule is CC1C=C(NC(=O)OC(C)(C)C)CNC1. The maximum atomic E-state index is 11.4. The molecule has 1 aliphatic heterocycles. The number of carbonyl (C=O) groups excluding carboxylic acids is 1. The minimum absolute atomic E-state index is 0.385. The van der Waals surface area contributed by atoms with Gasteiger partial charge in [-0.15, -0.1) is 0 Å². The molecule has 0 fully saturated rings. The van der Waals surface area contributed by atoms with Gasteiger partial charge >= 0.3 is 6.09 Å². The fourth-order valence-corrected chi connectivity index (χ4v) is 1.42. The number of rotatable bonds is 1. The lowest BCUT2D eigenvalue weighted by atomic mass is 10.1. The van der Waals surface area contributed by atoms with Crippen molar-refractivity contribution in [3.63, 3.8) is 0 Å². The first-order chi connectivity index (χ1) is 6.87. The molecule has 4 nitrogen and oxygen atoms in total. The smallest absolute Gasteiger partial charge is 0.411 e. The topological polar surface area (TPSA) is 50.4 Å². The Morgan fingerprint density at radius 1 is 1.60 bits per heavy atom. The van der Waals surface area contributed by atoms with Crippen LogP contribution in [0.3, 0.4) is 0 Å². The summed E-state index contributed by atoms with van der Waals surface area (Å²) in [7, 11) is 0. The van der Waals surface area contributed by atoms with E-state index >= 15 is 0 Å². The number of nitrogens with one attached hydrogen (secondary N) is 2. The Morgan fingerprint density at radius 3 is 2.80 bits per heavy atom. The van der Waals surface area contributed by atoms with Gasteiger partial charge in [-0.05, 0) is 26.7 Å². The van der Waals surface area contributed by atoms with Crippen LogP contribution in [0.4, 0.5) is 4.79 Å². The van der Waals surface area contributed by atoms with Crippen molar-refractivity contribution >= 4 is 6.09 Å². The number of carbonyl (C=O) groups is 1. The van der Waals surface area contributed by atoms with Gasteiger partial charge in [0, 0.05) is 18.8 Å². The van der Waals surface area contributed by atoms with E-state index in [4.69, 9.17) is 4.74 Å². The van der Waals surface area contributed by atoms with Crippen molar-refractivity contribution in [2.45, 2.75) is 33.3 Å². The summed E-state index contributed by atoms with van der Waals surface area (Å²) in [5.41, 5.74) is 0.446. The van der Waals surface area contributed by atoms with E-state index in [1.807, 2.05) is 20.8 Å². The van der Waals surface area contributed by atoms with E-state index in [1.165, 1.54) is 0 Å². The van der Waals surface area contributed by atoms with Gasteiger partial charge in [0.05, 0.1) is 0 Å². The zero-order chi connectivity index (χ0) is 11.5. The molecule has 0 aliphatic carbocycles. The Hall–Kier alpha value is -1.03. The van der Waals surface area contributed by atoms with Gasteiger partial charge in [0.15, 0.2) is 0 Å². The summed E-state index contributed by atoms with van der Waals surface area (Å²) in [5, 5.41) is 5.96. The van der Waals surface area contributed by atoms with Crippen molar-refractivity contribution < 1.29 is 9.53 Å². The summed E-state index contributed by atoms with van der Waals surface area (Å²) in [6.07, 6.45) is 1.67. The van der Waals surface area contributed by atoms with Crippen LogP contribution in [0.15, 0.2) is 11.8 Å². The van der Waals surface area contributed by atoms with Crippen LogP contribution in [-0.4, -0.2) is 24.8 Å². The highest BCUT2D eigenvalue weighted by Crippen LogP contribution is 2.09. The van der Waals surface area contributed by atoms with Gasteiger partial charge in [0.25, 0.3) is 0 Å². The molecule has 1 atom stereocenters. The van der Waals surface area contributed by atoms with E-state index in [-0.39, 0.29) is 6.09 Å². The van der Waals surface area contributed by atoms with Crippen LogP contribution in [0.2, 0.25) is 0 Å². The minimum Gasteiger partial charge on any atom is -0.444 e. The molecule has 0 radical (unpaired) electrons. The van der Waals surface area contributed by atoms with Crippen LogP contribution in [0.1, 0.15) is 27.7 Å². The zero-order valence-electron chi connectivity index (χ0n) is 9.89. The van der Waals surface area contributed by atoms with Gasteiger partial charge in [-0.3, -0.25) is 5.32 Å². The van der Waals surface area contributed by atoms with Crippen LogP contribution in [0.25, 0.3) is 0 Å². The maximum absolute atomic E-state index is 11.4. The third-order valence-electron chi connectivity index (χ3n) is 1.93. The van der Waals surface area contributed by atoms with Crippen molar-refractivity contribution in [2.24, 2.45) is 5.92 Å². The van der Waals surface area contributed by atoms with E-state index in [2.05, 4.69) is 23.6 Å². The second kappa shape index (κ2) is 4.66. The fourth-order valence-electron chi connectivity index (χ4n) is 1.42. The largest absolute Gasteiger partial charge is 0.444 e. The average Bonchev–Trinajstić information content (AvgIpc) is 1.99. The predicted molar refractivity (Wildman–Crippen MR) is 59.5 cm³/mol. The van der Waals surface area contributed by atoms with Gasteiger partial charge in [-0.25, -0.2) is 4.79 Å². The molecule has 0 saturated heterocycles. The molecule has 0 bridgehead atoms. The summed E-state index contributed by atoms with van der Waals surface area (Å²) in [4.78, 5) is 11.4. The van der Waals surface area contributed by atoms with Gasteiger partial charge in [-0.2, -0.15) is 0 Å². The molecular formula is C11H20N2O2. The van der Waals surface area contributed by atoms with Crippen LogP contribution >= 0.6 is 0 Å². The molecule has 86 valence electrons. The Bertz CT molecular complexity index is 266. The first kappa shape index (κ1) is 12.0. The quantitative estimate of drug-likeness (QED) is 0.694. The maximum Gasteiger partial charge on any atom is 0.411 e. The third-order valence-corrected chi connectivity index (χ3v) is 1.93. The predicted octanol–water partition coefficient (Wildman–Crippen LogP) is 1.63. The molecule has 15 heavy (non-hydrogen) atoms. The monoisotopic (exact) mass is 212 g/mol. The van der Waals surface area contributed by atoms with E-state index in [0.717, 1.165) is 12.2 Å². The summed E-state index contributed by atoms with van der Waals surface area (Å²) >= 11 is 0.